The molecule has 3 aromatic rings. The van der Waals surface area contributed by atoms with Crippen LogP contribution < -0.4 is 16.2 Å². The van der Waals surface area contributed by atoms with E-state index >= 15 is 0 Å². The van der Waals surface area contributed by atoms with Gasteiger partial charge in [-0.15, -0.1) is 0 Å². The SMILES string of the molecule is CC1[C@@H](N=C(Nc2ccc3c(=O)n(CCc4ccccc4)cnc3c2)N2C[C@@H](C)N[C@@H](C)C2)C[C@@H]2C[C@H]1C2(C)C. The molecule has 212 valence electrons. The van der Waals surface area contributed by atoms with Crippen molar-refractivity contribution in [2.75, 3.05) is 18.4 Å². The minimum Gasteiger partial charge on any atom is -0.340 e. The Hall–Kier alpha value is -3.19. The molecule has 7 heteroatoms. The average Bonchev–Trinajstić information content (AvgIpc) is 2.93. The van der Waals surface area contributed by atoms with Gasteiger partial charge in [0.2, 0.25) is 0 Å². The van der Waals surface area contributed by atoms with Crippen molar-refractivity contribution in [1.82, 2.24) is 19.8 Å². The quantitative estimate of drug-likeness (QED) is 0.345. The smallest absolute Gasteiger partial charge is 0.261 e. The highest BCUT2D eigenvalue weighted by atomic mass is 16.1. The van der Waals surface area contributed by atoms with E-state index in [4.69, 9.17) is 4.99 Å². The lowest BCUT2D eigenvalue weighted by molar-refractivity contribution is -0.108. The Bertz CT molecular complexity index is 1440. The highest BCUT2D eigenvalue weighted by Crippen LogP contribution is 2.61. The number of aliphatic imine (C=N–C) groups is 1. The van der Waals surface area contributed by atoms with E-state index in [1.165, 1.54) is 12.0 Å². The fraction of sp³-hybridized carbons (Fsp3) is 0.545. The van der Waals surface area contributed by atoms with Gasteiger partial charge in [-0.25, -0.2) is 9.98 Å². The molecule has 1 saturated heterocycles. The zero-order chi connectivity index (χ0) is 28.0. The maximum atomic E-state index is 13.3. The Labute approximate surface area is 238 Å². The third-order valence-electron chi connectivity index (χ3n) is 10.0. The van der Waals surface area contributed by atoms with E-state index in [0.29, 0.717) is 46.9 Å². The fourth-order valence-electron chi connectivity index (χ4n) is 7.56. The second kappa shape index (κ2) is 10.7. The Kier molecular flexibility index (Phi) is 7.19. The molecule has 7 rings (SSSR count). The molecule has 1 aliphatic heterocycles. The van der Waals surface area contributed by atoms with Crippen molar-refractivity contribution in [3.05, 3.63) is 70.8 Å². The van der Waals surface area contributed by atoms with Gasteiger partial charge in [-0.1, -0.05) is 51.1 Å². The molecule has 3 aliphatic carbocycles. The van der Waals surface area contributed by atoms with Crippen LogP contribution in [0.1, 0.15) is 53.0 Å². The molecule has 4 aliphatic rings. The van der Waals surface area contributed by atoms with Gasteiger partial charge in [-0.05, 0) is 80.0 Å². The van der Waals surface area contributed by atoms with E-state index in [1.807, 2.05) is 36.4 Å². The largest absolute Gasteiger partial charge is 0.340 e. The van der Waals surface area contributed by atoms with Crippen LogP contribution in [-0.2, 0) is 13.0 Å². The number of benzene rings is 2. The average molecular weight is 541 g/mol. The molecule has 0 radical (unpaired) electrons. The van der Waals surface area contributed by atoms with Gasteiger partial charge in [0.05, 0.1) is 23.3 Å². The first kappa shape index (κ1) is 27.0. The number of piperazine rings is 1. The third kappa shape index (κ3) is 5.16. The second-order valence-electron chi connectivity index (χ2n) is 13.2. The second-order valence-corrected chi connectivity index (χ2v) is 13.2. The summed E-state index contributed by atoms with van der Waals surface area (Å²) in [6.45, 7) is 14.2. The van der Waals surface area contributed by atoms with Crippen molar-refractivity contribution in [1.29, 1.82) is 0 Å². The lowest BCUT2D eigenvalue weighted by Crippen LogP contribution is -2.59. The standard InChI is InChI=1S/C33H44N6O/c1-21-18-39(19-22(2)35-21)32(37-29-16-25-15-28(23(29)3)33(25,4)5)36-26-11-12-27-30(17-26)34-20-38(31(27)40)14-13-24-9-7-6-8-10-24/h6-12,17,20-23,25,28-29,35H,13-16,18-19H2,1-5H3,(H,36,37)/t21-,22+,23?,25-,28+,29-/m0/s1. The van der Waals surface area contributed by atoms with Crippen LogP contribution in [0.3, 0.4) is 0 Å². The Morgan fingerprint density at radius 3 is 2.52 bits per heavy atom. The highest BCUT2D eigenvalue weighted by molar-refractivity contribution is 5.96. The first-order valence-corrected chi connectivity index (χ1v) is 15.1. The van der Waals surface area contributed by atoms with Gasteiger partial charge < -0.3 is 15.5 Å². The molecule has 4 fully saturated rings. The van der Waals surface area contributed by atoms with Gasteiger partial charge in [0.1, 0.15) is 0 Å². The summed E-state index contributed by atoms with van der Waals surface area (Å²) in [6.07, 6.45) is 5.00. The normalized spacial score (nSPS) is 29.7. The maximum absolute atomic E-state index is 13.3. The first-order valence-electron chi connectivity index (χ1n) is 15.1. The highest BCUT2D eigenvalue weighted by Gasteiger charge is 2.56. The van der Waals surface area contributed by atoms with Crippen LogP contribution in [0, 0.1) is 23.2 Å². The third-order valence-corrected chi connectivity index (χ3v) is 10.0. The summed E-state index contributed by atoms with van der Waals surface area (Å²) in [6, 6.07) is 17.3. The van der Waals surface area contributed by atoms with Crippen LogP contribution in [0.15, 0.2) is 64.6 Å². The molecule has 0 amide bonds. The topological polar surface area (TPSA) is 74.5 Å². The summed E-state index contributed by atoms with van der Waals surface area (Å²) in [5, 5.41) is 7.98. The summed E-state index contributed by atoms with van der Waals surface area (Å²) in [5.41, 5.74) is 3.29. The number of nitrogens with one attached hydrogen (secondary N) is 2. The minimum atomic E-state index is 0.00370. The molecule has 0 spiro atoms. The Morgan fingerprint density at radius 2 is 1.82 bits per heavy atom. The van der Waals surface area contributed by atoms with Crippen LogP contribution in [0.2, 0.25) is 0 Å². The number of anilines is 1. The van der Waals surface area contributed by atoms with Gasteiger partial charge in [-0.3, -0.25) is 9.36 Å². The molecular formula is C33H44N6O. The van der Waals surface area contributed by atoms with E-state index < -0.39 is 0 Å². The van der Waals surface area contributed by atoms with Gasteiger partial charge in [0.15, 0.2) is 5.96 Å². The number of hydrogen-bond acceptors (Lipinski definition) is 4. The van der Waals surface area contributed by atoms with Gasteiger partial charge >= 0.3 is 0 Å². The van der Waals surface area contributed by atoms with Gasteiger partial charge in [-0.2, -0.15) is 0 Å². The number of fused-ring (bicyclic) bond motifs is 3. The van der Waals surface area contributed by atoms with Crippen LogP contribution in [0.4, 0.5) is 5.69 Å². The van der Waals surface area contributed by atoms with Crippen LogP contribution in [-0.4, -0.2) is 51.6 Å². The molecule has 7 nitrogen and oxygen atoms in total. The van der Waals surface area contributed by atoms with Crippen molar-refractivity contribution in [3.63, 3.8) is 0 Å². The predicted octanol–water partition coefficient (Wildman–Crippen LogP) is 5.16. The van der Waals surface area contributed by atoms with Crippen LogP contribution in [0.5, 0.6) is 0 Å². The molecule has 1 aromatic heterocycles. The predicted molar refractivity (Wildman–Crippen MR) is 164 cm³/mol. The fourth-order valence-corrected chi connectivity index (χ4v) is 7.56. The number of guanidine groups is 1. The molecule has 6 atom stereocenters. The maximum Gasteiger partial charge on any atom is 0.261 e. The van der Waals surface area contributed by atoms with Crippen molar-refractivity contribution < 1.29 is 0 Å². The summed E-state index contributed by atoms with van der Waals surface area (Å²) in [5.74, 6) is 3.03. The van der Waals surface area contributed by atoms with E-state index in [2.05, 4.69) is 67.3 Å². The molecule has 2 aromatic carbocycles. The first-order chi connectivity index (χ1) is 19.2. The summed E-state index contributed by atoms with van der Waals surface area (Å²) in [7, 11) is 0. The van der Waals surface area contributed by atoms with E-state index in [9.17, 15) is 4.79 Å². The Morgan fingerprint density at radius 1 is 1.07 bits per heavy atom. The molecule has 1 unspecified atom stereocenters. The summed E-state index contributed by atoms with van der Waals surface area (Å²) in [4.78, 5) is 25.8. The van der Waals surface area contributed by atoms with Gasteiger partial charge in [0.25, 0.3) is 5.56 Å². The zero-order valence-electron chi connectivity index (χ0n) is 24.6. The molecule has 2 heterocycles. The Balaban J connectivity index is 1.25. The van der Waals surface area contributed by atoms with E-state index in [-0.39, 0.29) is 5.56 Å². The lowest BCUT2D eigenvalue weighted by atomic mass is 9.45. The number of hydrogen-bond donors (Lipinski definition) is 2. The van der Waals surface area contributed by atoms with Gasteiger partial charge in [0, 0.05) is 37.4 Å². The van der Waals surface area contributed by atoms with Crippen LogP contribution >= 0.6 is 0 Å². The monoisotopic (exact) mass is 540 g/mol. The minimum absolute atomic E-state index is 0.00370. The molecular weight excluding hydrogens is 496 g/mol. The number of rotatable bonds is 5. The van der Waals surface area contributed by atoms with Crippen molar-refractivity contribution in [2.45, 2.75) is 78.6 Å². The summed E-state index contributed by atoms with van der Waals surface area (Å²) < 4.78 is 1.72. The van der Waals surface area contributed by atoms with Crippen molar-refractivity contribution in [3.8, 4) is 0 Å². The number of aryl methyl sites for hydroxylation is 2. The number of nitrogens with zero attached hydrogens (tertiary/aromatic N) is 4. The molecule has 3 saturated carbocycles. The van der Waals surface area contributed by atoms with Crippen molar-refractivity contribution >= 4 is 22.5 Å². The lowest BCUT2D eigenvalue weighted by Gasteiger charge is -2.61. The van der Waals surface area contributed by atoms with Crippen LogP contribution in [0.25, 0.3) is 10.9 Å². The van der Waals surface area contributed by atoms with Crippen molar-refractivity contribution in [2.24, 2.45) is 28.2 Å². The van der Waals surface area contributed by atoms with E-state index in [1.54, 1.807) is 10.9 Å². The van der Waals surface area contributed by atoms with E-state index in [0.717, 1.165) is 49.4 Å². The molecule has 2 bridgehead atoms. The summed E-state index contributed by atoms with van der Waals surface area (Å²) >= 11 is 0. The molecule has 2 N–H and O–H groups in total. The zero-order valence-corrected chi connectivity index (χ0v) is 24.6. The number of aromatic nitrogens is 2. The molecule has 40 heavy (non-hydrogen) atoms.